The minimum atomic E-state index is 0.310. The smallest absolute Gasteiger partial charge is 0.222 e. The highest BCUT2D eigenvalue weighted by atomic mass is 79.9. The summed E-state index contributed by atoms with van der Waals surface area (Å²) in [5.41, 5.74) is 1.35. The number of halogens is 1. The van der Waals surface area contributed by atoms with E-state index < -0.39 is 0 Å². The Morgan fingerprint density at radius 1 is 1.39 bits per heavy atom. The Kier molecular flexibility index (Phi) is 4.44. The lowest BCUT2D eigenvalue weighted by molar-refractivity contribution is -0.130. The molecule has 0 spiro atoms. The van der Waals surface area contributed by atoms with E-state index in [0.717, 1.165) is 24.0 Å². The van der Waals surface area contributed by atoms with E-state index in [2.05, 4.69) is 54.0 Å². The molecule has 1 unspecified atom stereocenters. The molecular formula is C15H20BrNO. The Balaban J connectivity index is 1.96. The first-order valence-corrected chi connectivity index (χ1v) is 7.39. The molecule has 3 heteroatoms. The van der Waals surface area contributed by atoms with Crippen LogP contribution in [0.2, 0.25) is 0 Å². The highest BCUT2D eigenvalue weighted by molar-refractivity contribution is 9.10. The van der Waals surface area contributed by atoms with Crippen molar-refractivity contribution in [3.8, 4) is 0 Å². The van der Waals surface area contributed by atoms with Crippen molar-refractivity contribution in [2.75, 3.05) is 13.1 Å². The zero-order valence-electron chi connectivity index (χ0n) is 11.0. The molecule has 0 aliphatic carbocycles. The van der Waals surface area contributed by atoms with E-state index in [1.165, 1.54) is 5.56 Å². The summed E-state index contributed by atoms with van der Waals surface area (Å²) in [7, 11) is 0. The second-order valence-electron chi connectivity index (χ2n) is 5.47. The van der Waals surface area contributed by atoms with Crippen molar-refractivity contribution in [3.05, 3.63) is 34.3 Å². The Morgan fingerprint density at radius 2 is 2.06 bits per heavy atom. The lowest BCUT2D eigenvalue weighted by atomic mass is 9.99. The highest BCUT2D eigenvalue weighted by Gasteiger charge is 2.27. The van der Waals surface area contributed by atoms with E-state index in [1.807, 2.05) is 4.90 Å². The van der Waals surface area contributed by atoms with E-state index >= 15 is 0 Å². The predicted octanol–water partition coefficient (Wildman–Crippen LogP) is 3.81. The van der Waals surface area contributed by atoms with Gasteiger partial charge in [0.05, 0.1) is 0 Å². The summed E-state index contributed by atoms with van der Waals surface area (Å²) in [6.07, 6.45) is 1.76. The van der Waals surface area contributed by atoms with Crippen LogP contribution in [-0.2, 0) is 4.79 Å². The Hall–Kier alpha value is -0.830. The van der Waals surface area contributed by atoms with E-state index in [4.69, 9.17) is 0 Å². The maximum absolute atomic E-state index is 12.0. The van der Waals surface area contributed by atoms with Crippen LogP contribution in [0.15, 0.2) is 28.7 Å². The quantitative estimate of drug-likeness (QED) is 0.831. The van der Waals surface area contributed by atoms with Gasteiger partial charge in [0.25, 0.3) is 0 Å². The molecule has 0 N–H and O–H groups in total. The molecule has 1 atom stereocenters. The molecular weight excluding hydrogens is 290 g/mol. The molecule has 1 amide bonds. The second-order valence-corrected chi connectivity index (χ2v) is 6.39. The Labute approximate surface area is 117 Å². The van der Waals surface area contributed by atoms with Crippen LogP contribution in [0.1, 0.15) is 38.2 Å². The van der Waals surface area contributed by atoms with Gasteiger partial charge < -0.3 is 4.90 Å². The maximum Gasteiger partial charge on any atom is 0.222 e. The zero-order valence-corrected chi connectivity index (χ0v) is 12.6. The molecule has 1 aromatic carbocycles. The van der Waals surface area contributed by atoms with Gasteiger partial charge in [-0.3, -0.25) is 4.79 Å². The van der Waals surface area contributed by atoms with Gasteiger partial charge in [-0.05, 0) is 30.0 Å². The van der Waals surface area contributed by atoms with Gasteiger partial charge in [-0.2, -0.15) is 0 Å². The van der Waals surface area contributed by atoms with Gasteiger partial charge >= 0.3 is 0 Å². The van der Waals surface area contributed by atoms with Gasteiger partial charge in [-0.1, -0.05) is 41.9 Å². The van der Waals surface area contributed by atoms with E-state index in [1.54, 1.807) is 0 Å². The predicted molar refractivity (Wildman–Crippen MR) is 77.5 cm³/mol. The summed E-state index contributed by atoms with van der Waals surface area (Å²) in [4.78, 5) is 14.0. The van der Waals surface area contributed by atoms with E-state index in [0.29, 0.717) is 24.2 Å². The fourth-order valence-electron chi connectivity index (χ4n) is 2.47. The van der Waals surface area contributed by atoms with Gasteiger partial charge in [0, 0.05) is 29.9 Å². The number of likely N-dealkylation sites (tertiary alicyclic amines) is 1. The molecule has 0 bridgehead atoms. The number of nitrogens with zero attached hydrogens (tertiary/aromatic N) is 1. The molecule has 0 radical (unpaired) electrons. The van der Waals surface area contributed by atoms with Crippen LogP contribution in [-0.4, -0.2) is 23.9 Å². The number of hydrogen-bond acceptors (Lipinski definition) is 1. The van der Waals surface area contributed by atoms with Crippen LogP contribution >= 0.6 is 15.9 Å². The van der Waals surface area contributed by atoms with Crippen molar-refractivity contribution in [1.29, 1.82) is 0 Å². The van der Waals surface area contributed by atoms with Crippen molar-refractivity contribution in [3.63, 3.8) is 0 Å². The van der Waals surface area contributed by atoms with Gasteiger partial charge in [0.15, 0.2) is 0 Å². The average molecular weight is 310 g/mol. The minimum Gasteiger partial charge on any atom is -0.342 e. The van der Waals surface area contributed by atoms with Crippen LogP contribution in [0.25, 0.3) is 0 Å². The summed E-state index contributed by atoms with van der Waals surface area (Å²) in [6, 6.07) is 8.47. The van der Waals surface area contributed by atoms with Crippen molar-refractivity contribution in [2.45, 2.75) is 32.6 Å². The molecule has 1 heterocycles. The Morgan fingerprint density at radius 3 is 2.67 bits per heavy atom. The van der Waals surface area contributed by atoms with Crippen molar-refractivity contribution < 1.29 is 4.79 Å². The van der Waals surface area contributed by atoms with Crippen LogP contribution in [0.3, 0.4) is 0 Å². The number of carbonyl (C=O) groups excluding carboxylic acids is 1. The van der Waals surface area contributed by atoms with Gasteiger partial charge in [-0.15, -0.1) is 0 Å². The largest absolute Gasteiger partial charge is 0.342 e. The molecule has 0 aromatic heterocycles. The summed E-state index contributed by atoms with van der Waals surface area (Å²) in [5, 5.41) is 0. The van der Waals surface area contributed by atoms with Crippen molar-refractivity contribution in [2.24, 2.45) is 5.92 Å². The third-order valence-corrected chi connectivity index (χ3v) is 3.99. The maximum atomic E-state index is 12.0. The number of benzene rings is 1. The summed E-state index contributed by atoms with van der Waals surface area (Å²) in [6.45, 7) is 5.99. The molecule has 1 aliphatic rings. The van der Waals surface area contributed by atoms with Crippen molar-refractivity contribution >= 4 is 21.8 Å². The van der Waals surface area contributed by atoms with Crippen LogP contribution in [0.4, 0.5) is 0 Å². The molecule has 1 aromatic rings. The average Bonchev–Trinajstić information content (AvgIpc) is 2.78. The first kappa shape index (κ1) is 13.6. The fraction of sp³-hybridized carbons (Fsp3) is 0.533. The second kappa shape index (κ2) is 5.87. The minimum absolute atomic E-state index is 0.310. The van der Waals surface area contributed by atoms with Gasteiger partial charge in [0.1, 0.15) is 0 Å². The Bertz CT molecular complexity index is 413. The molecule has 1 aliphatic heterocycles. The third-order valence-electron chi connectivity index (χ3n) is 3.47. The van der Waals surface area contributed by atoms with E-state index in [9.17, 15) is 4.79 Å². The van der Waals surface area contributed by atoms with Crippen molar-refractivity contribution in [1.82, 2.24) is 4.90 Å². The van der Waals surface area contributed by atoms with E-state index in [-0.39, 0.29) is 0 Å². The SMILES string of the molecule is CC(C)CC(=O)N1CCC(c2ccc(Br)cc2)C1. The first-order valence-electron chi connectivity index (χ1n) is 6.59. The number of hydrogen-bond donors (Lipinski definition) is 0. The zero-order chi connectivity index (χ0) is 13.1. The molecule has 2 rings (SSSR count). The third kappa shape index (κ3) is 3.35. The van der Waals surface area contributed by atoms with Gasteiger partial charge in [-0.25, -0.2) is 0 Å². The monoisotopic (exact) mass is 309 g/mol. The van der Waals surface area contributed by atoms with Crippen LogP contribution in [0, 0.1) is 5.92 Å². The molecule has 2 nitrogen and oxygen atoms in total. The summed E-state index contributed by atoms with van der Waals surface area (Å²) >= 11 is 3.45. The molecule has 98 valence electrons. The standard InChI is InChI=1S/C15H20BrNO/c1-11(2)9-15(18)17-8-7-13(10-17)12-3-5-14(16)6-4-12/h3-6,11,13H,7-10H2,1-2H3. The lowest BCUT2D eigenvalue weighted by Crippen LogP contribution is -2.29. The number of carbonyl (C=O) groups is 1. The van der Waals surface area contributed by atoms with Crippen LogP contribution in [0.5, 0.6) is 0 Å². The number of amides is 1. The fourth-order valence-corrected chi connectivity index (χ4v) is 2.74. The normalized spacial score (nSPS) is 19.6. The van der Waals surface area contributed by atoms with Crippen LogP contribution < -0.4 is 0 Å². The van der Waals surface area contributed by atoms with Gasteiger partial charge in [0.2, 0.25) is 5.91 Å². The molecule has 0 saturated carbocycles. The topological polar surface area (TPSA) is 20.3 Å². The first-order chi connectivity index (χ1) is 8.56. The number of rotatable bonds is 3. The molecule has 1 fully saturated rings. The summed E-state index contributed by atoms with van der Waals surface area (Å²) < 4.78 is 1.11. The summed E-state index contributed by atoms with van der Waals surface area (Å²) in [5.74, 6) is 1.27. The lowest BCUT2D eigenvalue weighted by Gasteiger charge is -2.18. The molecule has 18 heavy (non-hydrogen) atoms. The highest BCUT2D eigenvalue weighted by Crippen LogP contribution is 2.28. The molecule has 1 saturated heterocycles.